The normalized spacial score (nSPS) is 14.6. The number of amides is 1. The molecule has 6 nitrogen and oxygen atoms in total. The molecule has 1 amide bonds. The van der Waals surface area contributed by atoms with Gasteiger partial charge in [-0.25, -0.2) is 4.79 Å². The maximum Gasteiger partial charge on any atom is 0.340 e. The van der Waals surface area contributed by atoms with Crippen LogP contribution in [0.1, 0.15) is 28.5 Å². The summed E-state index contributed by atoms with van der Waals surface area (Å²) in [5.74, 6) is -0.685. The van der Waals surface area contributed by atoms with Crippen molar-refractivity contribution in [3.63, 3.8) is 0 Å². The first-order valence-corrected chi connectivity index (χ1v) is 8.52. The number of rotatable bonds is 4. The summed E-state index contributed by atoms with van der Waals surface area (Å²) in [7, 11) is 0. The number of carbonyl (C=O) groups is 2. The highest BCUT2D eigenvalue weighted by molar-refractivity contribution is 5.99. The third-order valence-corrected chi connectivity index (χ3v) is 4.46. The van der Waals surface area contributed by atoms with Gasteiger partial charge in [-0.05, 0) is 25.0 Å². The lowest BCUT2D eigenvalue weighted by atomic mass is 10.0. The quantitative estimate of drug-likeness (QED) is 0.796. The van der Waals surface area contributed by atoms with Crippen molar-refractivity contribution < 1.29 is 19.1 Å². The monoisotopic (exact) mass is 342 g/mol. The Balaban J connectivity index is 1.79. The summed E-state index contributed by atoms with van der Waals surface area (Å²) in [6, 6.07) is 7.71. The van der Waals surface area contributed by atoms with E-state index in [-0.39, 0.29) is 12.5 Å². The van der Waals surface area contributed by atoms with E-state index in [1.54, 1.807) is 4.90 Å². The van der Waals surface area contributed by atoms with Crippen molar-refractivity contribution in [3.05, 3.63) is 41.1 Å². The van der Waals surface area contributed by atoms with Gasteiger partial charge in [0, 0.05) is 18.5 Å². The molecule has 0 aliphatic carbocycles. The van der Waals surface area contributed by atoms with Gasteiger partial charge in [-0.3, -0.25) is 9.78 Å². The van der Waals surface area contributed by atoms with E-state index in [4.69, 9.17) is 9.47 Å². The molecule has 2 heterocycles. The second kappa shape index (κ2) is 7.61. The van der Waals surface area contributed by atoms with Crippen molar-refractivity contribution >= 4 is 22.8 Å². The standard InChI is InChI=1S/C19H22N2O4/c1-3-15-18(13(2)14-6-4-5-7-16(14)20-15)19(23)25-12-17(22)21-8-10-24-11-9-21/h4-7H,3,8-12H2,1-2H3. The second-order valence-electron chi connectivity index (χ2n) is 6.00. The number of fused-ring (bicyclic) bond motifs is 1. The van der Waals surface area contributed by atoms with Gasteiger partial charge in [0.15, 0.2) is 6.61 Å². The van der Waals surface area contributed by atoms with E-state index in [0.717, 1.165) is 16.5 Å². The Morgan fingerprint density at radius 2 is 1.96 bits per heavy atom. The summed E-state index contributed by atoms with van der Waals surface area (Å²) < 4.78 is 10.5. The van der Waals surface area contributed by atoms with E-state index >= 15 is 0 Å². The lowest BCUT2D eigenvalue weighted by Crippen LogP contribution is -2.42. The molecule has 0 atom stereocenters. The van der Waals surface area contributed by atoms with Crippen LogP contribution in [0.25, 0.3) is 10.9 Å². The number of hydrogen-bond donors (Lipinski definition) is 0. The highest BCUT2D eigenvalue weighted by Gasteiger charge is 2.22. The van der Waals surface area contributed by atoms with Crippen LogP contribution in [0.4, 0.5) is 0 Å². The summed E-state index contributed by atoms with van der Waals surface area (Å²) in [5, 5.41) is 0.922. The largest absolute Gasteiger partial charge is 0.452 e. The van der Waals surface area contributed by atoms with Gasteiger partial charge in [-0.1, -0.05) is 25.1 Å². The fourth-order valence-electron chi connectivity index (χ4n) is 3.07. The molecule has 3 rings (SSSR count). The van der Waals surface area contributed by atoms with Crippen LogP contribution in [0.15, 0.2) is 24.3 Å². The molecule has 0 N–H and O–H groups in total. The zero-order valence-electron chi connectivity index (χ0n) is 14.6. The van der Waals surface area contributed by atoms with E-state index in [1.807, 2.05) is 38.1 Å². The Kier molecular flexibility index (Phi) is 5.28. The first-order valence-electron chi connectivity index (χ1n) is 8.52. The molecule has 1 aliphatic rings. The fraction of sp³-hybridized carbons (Fsp3) is 0.421. The third-order valence-electron chi connectivity index (χ3n) is 4.46. The van der Waals surface area contributed by atoms with E-state index in [2.05, 4.69) is 4.98 Å². The zero-order chi connectivity index (χ0) is 17.8. The molecular formula is C19H22N2O4. The van der Waals surface area contributed by atoms with Gasteiger partial charge in [0.2, 0.25) is 0 Å². The van der Waals surface area contributed by atoms with Crippen LogP contribution in [0.2, 0.25) is 0 Å². The molecule has 1 aliphatic heterocycles. The van der Waals surface area contributed by atoms with Crippen LogP contribution in [0, 0.1) is 6.92 Å². The van der Waals surface area contributed by atoms with E-state index in [9.17, 15) is 9.59 Å². The number of carbonyl (C=O) groups excluding carboxylic acids is 2. The highest BCUT2D eigenvalue weighted by Crippen LogP contribution is 2.24. The van der Waals surface area contributed by atoms with Crippen molar-refractivity contribution in [3.8, 4) is 0 Å². The number of aryl methyl sites for hydroxylation is 2. The minimum atomic E-state index is -0.491. The van der Waals surface area contributed by atoms with Crippen molar-refractivity contribution in [2.24, 2.45) is 0 Å². The fourth-order valence-corrected chi connectivity index (χ4v) is 3.07. The van der Waals surface area contributed by atoms with E-state index < -0.39 is 5.97 Å². The number of esters is 1. The van der Waals surface area contributed by atoms with Crippen molar-refractivity contribution in [2.75, 3.05) is 32.9 Å². The lowest BCUT2D eigenvalue weighted by molar-refractivity contribution is -0.138. The predicted molar refractivity (Wildman–Crippen MR) is 93.5 cm³/mol. The first-order chi connectivity index (χ1) is 12.1. The molecule has 25 heavy (non-hydrogen) atoms. The molecule has 0 saturated carbocycles. The molecule has 1 aromatic carbocycles. The smallest absolute Gasteiger partial charge is 0.340 e. The molecule has 0 bridgehead atoms. The molecule has 0 radical (unpaired) electrons. The molecule has 1 aromatic heterocycles. The Morgan fingerprint density at radius 1 is 1.24 bits per heavy atom. The second-order valence-corrected chi connectivity index (χ2v) is 6.00. The number of pyridine rings is 1. The van der Waals surface area contributed by atoms with Gasteiger partial charge in [0.1, 0.15) is 0 Å². The maximum atomic E-state index is 12.6. The van der Waals surface area contributed by atoms with Crippen molar-refractivity contribution in [2.45, 2.75) is 20.3 Å². The number of hydrogen-bond acceptors (Lipinski definition) is 5. The summed E-state index contributed by atoms with van der Waals surface area (Å²) >= 11 is 0. The first kappa shape index (κ1) is 17.4. The molecule has 132 valence electrons. The molecule has 0 spiro atoms. The number of aromatic nitrogens is 1. The Bertz CT molecular complexity index is 797. The van der Waals surface area contributed by atoms with Crippen molar-refractivity contribution in [1.82, 2.24) is 9.88 Å². The van der Waals surface area contributed by atoms with Gasteiger partial charge < -0.3 is 14.4 Å². The average molecular weight is 342 g/mol. The van der Waals surface area contributed by atoms with Crippen molar-refractivity contribution in [1.29, 1.82) is 0 Å². The van der Waals surface area contributed by atoms with E-state index in [1.165, 1.54) is 0 Å². The minimum absolute atomic E-state index is 0.193. The number of morpholine rings is 1. The number of nitrogens with zero attached hydrogens (tertiary/aromatic N) is 2. The molecule has 0 unspecified atom stereocenters. The Morgan fingerprint density at radius 3 is 2.68 bits per heavy atom. The highest BCUT2D eigenvalue weighted by atomic mass is 16.5. The zero-order valence-corrected chi connectivity index (χ0v) is 14.6. The maximum absolute atomic E-state index is 12.6. The molecular weight excluding hydrogens is 320 g/mol. The molecule has 6 heteroatoms. The van der Waals surface area contributed by atoms with Crippen LogP contribution in [0.3, 0.4) is 0 Å². The van der Waals surface area contributed by atoms with Crippen LogP contribution >= 0.6 is 0 Å². The SMILES string of the molecule is CCc1nc2ccccc2c(C)c1C(=O)OCC(=O)N1CCOCC1. The molecule has 1 fully saturated rings. The Hall–Kier alpha value is -2.47. The van der Waals surface area contributed by atoms with Gasteiger partial charge in [0.25, 0.3) is 5.91 Å². The average Bonchev–Trinajstić information content (AvgIpc) is 2.66. The van der Waals surface area contributed by atoms with Gasteiger partial charge in [-0.15, -0.1) is 0 Å². The van der Waals surface area contributed by atoms with Crippen LogP contribution in [-0.2, 0) is 20.7 Å². The Labute approximate surface area is 146 Å². The molecule has 1 saturated heterocycles. The lowest BCUT2D eigenvalue weighted by Gasteiger charge is -2.26. The predicted octanol–water partition coefficient (Wildman–Crippen LogP) is 2.12. The van der Waals surface area contributed by atoms with E-state index in [0.29, 0.717) is 44.0 Å². The third kappa shape index (κ3) is 3.64. The number of para-hydroxylation sites is 1. The molecule has 2 aromatic rings. The summed E-state index contributed by atoms with van der Waals surface area (Å²) in [6.45, 7) is 5.70. The van der Waals surface area contributed by atoms with Crippen LogP contribution in [0.5, 0.6) is 0 Å². The summed E-state index contributed by atoms with van der Waals surface area (Å²) in [5.41, 5.74) is 2.86. The minimum Gasteiger partial charge on any atom is -0.452 e. The van der Waals surface area contributed by atoms with Gasteiger partial charge in [-0.2, -0.15) is 0 Å². The topological polar surface area (TPSA) is 68.7 Å². The summed E-state index contributed by atoms with van der Waals surface area (Å²) in [4.78, 5) is 31.0. The van der Waals surface area contributed by atoms with Crippen LogP contribution < -0.4 is 0 Å². The van der Waals surface area contributed by atoms with Crippen LogP contribution in [-0.4, -0.2) is 54.7 Å². The summed E-state index contributed by atoms with van der Waals surface area (Å²) in [6.07, 6.45) is 0.619. The van der Waals surface area contributed by atoms with Gasteiger partial charge in [0.05, 0.1) is 30.0 Å². The number of ether oxygens (including phenoxy) is 2. The van der Waals surface area contributed by atoms with Gasteiger partial charge >= 0.3 is 5.97 Å². The number of benzene rings is 1.